The SMILES string of the molecule is CCC(C(=O)N1CCN(c2cccc(C(F)(F)F)c2)CC1)n1nnc2ccccc2c1=O. The first-order valence-corrected chi connectivity index (χ1v) is 10.3. The fraction of sp³-hybridized carbons (Fsp3) is 0.364. The number of amides is 1. The van der Waals surface area contributed by atoms with Crippen molar-refractivity contribution in [3.05, 3.63) is 64.4 Å². The second-order valence-electron chi connectivity index (χ2n) is 7.64. The summed E-state index contributed by atoms with van der Waals surface area (Å²) in [6.07, 6.45) is -4.05. The van der Waals surface area contributed by atoms with Gasteiger partial charge < -0.3 is 9.80 Å². The summed E-state index contributed by atoms with van der Waals surface area (Å²) in [5, 5.41) is 8.43. The monoisotopic (exact) mass is 445 g/mol. The highest BCUT2D eigenvalue weighted by atomic mass is 19.4. The van der Waals surface area contributed by atoms with E-state index in [9.17, 15) is 22.8 Å². The van der Waals surface area contributed by atoms with Crippen molar-refractivity contribution in [1.29, 1.82) is 0 Å². The maximum absolute atomic E-state index is 13.2. The van der Waals surface area contributed by atoms with Crippen molar-refractivity contribution < 1.29 is 18.0 Å². The third-order valence-electron chi connectivity index (χ3n) is 5.69. The minimum Gasteiger partial charge on any atom is -0.368 e. The van der Waals surface area contributed by atoms with E-state index in [4.69, 9.17) is 0 Å². The molecule has 1 aromatic heterocycles. The van der Waals surface area contributed by atoms with E-state index in [-0.39, 0.29) is 11.5 Å². The molecule has 32 heavy (non-hydrogen) atoms. The lowest BCUT2D eigenvalue weighted by Crippen LogP contribution is -2.51. The van der Waals surface area contributed by atoms with Gasteiger partial charge in [0.25, 0.3) is 5.56 Å². The van der Waals surface area contributed by atoms with Crippen LogP contribution in [-0.4, -0.2) is 52.0 Å². The molecule has 168 valence electrons. The second-order valence-corrected chi connectivity index (χ2v) is 7.64. The van der Waals surface area contributed by atoms with Gasteiger partial charge in [-0.3, -0.25) is 9.59 Å². The predicted octanol–water partition coefficient (Wildman–Crippen LogP) is 3.11. The fourth-order valence-corrected chi connectivity index (χ4v) is 3.93. The van der Waals surface area contributed by atoms with Crippen LogP contribution in [0.5, 0.6) is 0 Å². The number of carbonyl (C=O) groups excluding carboxylic acids is 1. The van der Waals surface area contributed by atoms with Gasteiger partial charge in [0.05, 0.1) is 10.9 Å². The second kappa shape index (κ2) is 8.60. The average Bonchev–Trinajstić information content (AvgIpc) is 2.80. The van der Waals surface area contributed by atoms with E-state index in [0.29, 0.717) is 49.2 Å². The first kappa shape index (κ1) is 21.8. The zero-order valence-corrected chi connectivity index (χ0v) is 17.4. The lowest BCUT2D eigenvalue weighted by atomic mass is 10.1. The van der Waals surface area contributed by atoms with Crippen molar-refractivity contribution in [2.45, 2.75) is 25.6 Å². The lowest BCUT2D eigenvalue weighted by Gasteiger charge is -2.37. The summed E-state index contributed by atoms with van der Waals surface area (Å²) in [6, 6.07) is 11.2. The van der Waals surface area contributed by atoms with E-state index in [1.807, 2.05) is 4.90 Å². The van der Waals surface area contributed by atoms with E-state index in [0.717, 1.165) is 16.8 Å². The third-order valence-corrected chi connectivity index (χ3v) is 5.69. The van der Waals surface area contributed by atoms with Gasteiger partial charge in [0.2, 0.25) is 5.91 Å². The highest BCUT2D eigenvalue weighted by Crippen LogP contribution is 2.32. The Hall–Kier alpha value is -3.43. The van der Waals surface area contributed by atoms with Gasteiger partial charge in [0.1, 0.15) is 11.6 Å². The number of benzene rings is 2. The van der Waals surface area contributed by atoms with E-state index in [1.54, 1.807) is 42.2 Å². The molecular formula is C22H22F3N5O2. The van der Waals surface area contributed by atoms with Crippen molar-refractivity contribution in [1.82, 2.24) is 19.9 Å². The van der Waals surface area contributed by atoms with Crippen LogP contribution in [-0.2, 0) is 11.0 Å². The first-order valence-electron chi connectivity index (χ1n) is 10.3. The Bertz CT molecular complexity index is 1190. The molecule has 0 spiro atoms. The van der Waals surface area contributed by atoms with Crippen molar-refractivity contribution in [2.24, 2.45) is 0 Å². The molecule has 1 aliphatic heterocycles. The van der Waals surface area contributed by atoms with Crippen LogP contribution >= 0.6 is 0 Å². The molecule has 0 bridgehead atoms. The number of carbonyl (C=O) groups is 1. The Labute approximate surface area is 182 Å². The van der Waals surface area contributed by atoms with Gasteiger partial charge in [-0.1, -0.05) is 30.3 Å². The summed E-state index contributed by atoms with van der Waals surface area (Å²) in [5.74, 6) is -0.247. The van der Waals surface area contributed by atoms with E-state index in [2.05, 4.69) is 10.3 Å². The van der Waals surface area contributed by atoms with Crippen LogP contribution in [0.1, 0.15) is 24.9 Å². The number of hydrogen-bond acceptors (Lipinski definition) is 5. The molecule has 7 nitrogen and oxygen atoms in total. The summed E-state index contributed by atoms with van der Waals surface area (Å²) in [4.78, 5) is 29.5. The predicted molar refractivity (Wildman–Crippen MR) is 113 cm³/mol. The van der Waals surface area contributed by atoms with Crippen LogP contribution in [0, 0.1) is 0 Å². The standard InChI is InChI=1S/C22H22F3N5O2/c1-2-19(30-20(31)17-8-3-4-9-18(17)26-27-30)21(32)29-12-10-28(11-13-29)16-7-5-6-15(14-16)22(23,24)25/h3-9,14,19H,2,10-13H2,1H3. The minimum atomic E-state index is -4.41. The normalized spacial score (nSPS) is 15.8. The molecule has 0 N–H and O–H groups in total. The molecule has 0 saturated carbocycles. The van der Waals surface area contributed by atoms with Crippen LogP contribution < -0.4 is 10.5 Å². The van der Waals surface area contributed by atoms with Crippen molar-refractivity contribution in [3.63, 3.8) is 0 Å². The molecule has 1 aliphatic rings. The van der Waals surface area contributed by atoms with Crippen LogP contribution in [0.2, 0.25) is 0 Å². The number of rotatable bonds is 4. The third kappa shape index (κ3) is 4.17. The number of aromatic nitrogens is 3. The zero-order valence-electron chi connectivity index (χ0n) is 17.4. The summed E-state index contributed by atoms with van der Waals surface area (Å²) in [6.45, 7) is 3.25. The summed E-state index contributed by atoms with van der Waals surface area (Å²) in [5.41, 5.74) is -0.145. The molecule has 4 rings (SSSR count). The molecule has 0 aliphatic carbocycles. The Morgan fingerprint density at radius 1 is 1.06 bits per heavy atom. The molecule has 1 saturated heterocycles. The van der Waals surface area contributed by atoms with Crippen molar-refractivity contribution >= 4 is 22.5 Å². The zero-order chi connectivity index (χ0) is 22.9. The maximum atomic E-state index is 13.2. The molecule has 3 aromatic rings. The molecule has 2 aromatic carbocycles. The van der Waals surface area contributed by atoms with Gasteiger partial charge >= 0.3 is 6.18 Å². The highest BCUT2D eigenvalue weighted by Gasteiger charge is 2.32. The average molecular weight is 445 g/mol. The maximum Gasteiger partial charge on any atom is 0.416 e. The summed E-state index contributed by atoms with van der Waals surface area (Å²) < 4.78 is 40.2. The largest absolute Gasteiger partial charge is 0.416 e. The smallest absolute Gasteiger partial charge is 0.368 e. The molecule has 1 atom stereocenters. The molecule has 10 heteroatoms. The quantitative estimate of drug-likeness (QED) is 0.617. The number of fused-ring (bicyclic) bond motifs is 1. The van der Waals surface area contributed by atoms with Gasteiger partial charge in [-0.05, 0) is 36.8 Å². The molecule has 0 radical (unpaired) electrons. The van der Waals surface area contributed by atoms with Crippen LogP contribution in [0.25, 0.3) is 10.9 Å². The topological polar surface area (TPSA) is 71.3 Å². The number of alkyl halides is 3. The van der Waals surface area contributed by atoms with E-state index in [1.165, 1.54) is 6.07 Å². The van der Waals surface area contributed by atoms with Gasteiger partial charge in [0.15, 0.2) is 0 Å². The van der Waals surface area contributed by atoms with Gasteiger partial charge in [-0.25, -0.2) is 0 Å². The minimum absolute atomic E-state index is 0.247. The van der Waals surface area contributed by atoms with Gasteiger partial charge in [-0.2, -0.15) is 17.9 Å². The van der Waals surface area contributed by atoms with E-state index >= 15 is 0 Å². The van der Waals surface area contributed by atoms with Gasteiger partial charge in [0, 0.05) is 31.9 Å². The molecular weight excluding hydrogens is 423 g/mol. The van der Waals surface area contributed by atoms with Crippen molar-refractivity contribution in [3.8, 4) is 0 Å². The highest BCUT2D eigenvalue weighted by molar-refractivity contribution is 5.81. The van der Waals surface area contributed by atoms with Crippen LogP contribution in [0.3, 0.4) is 0 Å². The Balaban J connectivity index is 1.49. The summed E-state index contributed by atoms with van der Waals surface area (Å²) in [7, 11) is 0. The van der Waals surface area contributed by atoms with Gasteiger partial charge in [-0.15, -0.1) is 5.10 Å². The Morgan fingerprint density at radius 2 is 1.78 bits per heavy atom. The molecule has 2 heterocycles. The molecule has 1 amide bonds. The lowest BCUT2D eigenvalue weighted by molar-refractivity contribution is -0.137. The number of piperazine rings is 1. The first-order chi connectivity index (χ1) is 15.3. The van der Waals surface area contributed by atoms with Crippen molar-refractivity contribution in [2.75, 3.05) is 31.1 Å². The summed E-state index contributed by atoms with van der Waals surface area (Å²) >= 11 is 0. The molecule has 1 unspecified atom stereocenters. The number of hydrogen-bond donors (Lipinski definition) is 0. The fourth-order valence-electron chi connectivity index (χ4n) is 3.93. The Morgan fingerprint density at radius 3 is 2.47 bits per heavy atom. The van der Waals surface area contributed by atoms with Crippen LogP contribution in [0.4, 0.5) is 18.9 Å². The number of anilines is 1. The Kier molecular flexibility index (Phi) is 5.86. The number of nitrogens with zero attached hydrogens (tertiary/aromatic N) is 5. The van der Waals surface area contributed by atoms with Crippen LogP contribution in [0.15, 0.2) is 53.3 Å². The molecule has 1 fully saturated rings. The number of halogens is 3. The van der Waals surface area contributed by atoms with E-state index < -0.39 is 17.8 Å².